The zero-order valence-electron chi connectivity index (χ0n) is 18.4. The van der Waals surface area contributed by atoms with Gasteiger partial charge in [-0.3, -0.25) is 9.59 Å². The third kappa shape index (κ3) is 5.01. The van der Waals surface area contributed by atoms with Gasteiger partial charge in [0.2, 0.25) is 5.91 Å². The van der Waals surface area contributed by atoms with Gasteiger partial charge in [0.15, 0.2) is 5.78 Å². The Hall–Kier alpha value is -2.15. The molecule has 158 valence electrons. The zero-order chi connectivity index (χ0) is 21.6. The summed E-state index contributed by atoms with van der Waals surface area (Å²) in [4.78, 5) is 39.9. The van der Waals surface area contributed by atoms with Crippen molar-refractivity contribution in [3.8, 4) is 0 Å². The van der Waals surface area contributed by atoms with Crippen molar-refractivity contribution in [1.29, 1.82) is 0 Å². The van der Waals surface area contributed by atoms with Gasteiger partial charge in [0.05, 0.1) is 19.8 Å². The van der Waals surface area contributed by atoms with Crippen LogP contribution in [-0.2, 0) is 20.8 Å². The number of esters is 1. The molecule has 28 heavy (non-hydrogen) atoms. The van der Waals surface area contributed by atoms with Crippen molar-refractivity contribution in [2.75, 3.05) is 27.4 Å². The Morgan fingerprint density at radius 3 is 2.18 bits per heavy atom. The number of ether oxygens (including phenoxy) is 2. The Kier molecular flexibility index (Phi) is 8.88. The second kappa shape index (κ2) is 10.4. The Labute approximate surface area is 168 Å². The van der Waals surface area contributed by atoms with Crippen LogP contribution in [0.3, 0.4) is 0 Å². The van der Waals surface area contributed by atoms with Crippen LogP contribution in [-0.4, -0.2) is 60.5 Å². The average molecular weight is 395 g/mol. The zero-order valence-corrected chi connectivity index (χ0v) is 18.4. The standard InChI is InChI=1S/C21H34N2O5/c1-9-22-15(5)18(14(4)19(22)21(26)28-8)20(25)16(6)23(10-11-27-7)17(24)12-13(2)3/h13,16H,9-12H2,1-8H3. The Balaban J connectivity index is 3.35. The van der Waals surface area contributed by atoms with Crippen LogP contribution in [0.4, 0.5) is 0 Å². The van der Waals surface area contributed by atoms with Gasteiger partial charge in [-0.2, -0.15) is 0 Å². The highest BCUT2D eigenvalue weighted by atomic mass is 16.5. The van der Waals surface area contributed by atoms with Crippen molar-refractivity contribution in [3.63, 3.8) is 0 Å². The van der Waals surface area contributed by atoms with Crippen LogP contribution in [0.5, 0.6) is 0 Å². The minimum Gasteiger partial charge on any atom is -0.464 e. The molecule has 0 fully saturated rings. The van der Waals surface area contributed by atoms with E-state index in [-0.39, 0.29) is 17.6 Å². The molecule has 0 radical (unpaired) electrons. The third-order valence-electron chi connectivity index (χ3n) is 4.99. The summed E-state index contributed by atoms with van der Waals surface area (Å²) in [6.45, 7) is 12.4. The van der Waals surface area contributed by atoms with E-state index in [9.17, 15) is 14.4 Å². The molecule has 0 aromatic carbocycles. The lowest BCUT2D eigenvalue weighted by Gasteiger charge is -2.29. The summed E-state index contributed by atoms with van der Waals surface area (Å²) in [7, 11) is 2.89. The van der Waals surface area contributed by atoms with E-state index in [2.05, 4.69) is 0 Å². The van der Waals surface area contributed by atoms with Gasteiger partial charge in [0.1, 0.15) is 5.69 Å². The summed E-state index contributed by atoms with van der Waals surface area (Å²) < 4.78 is 11.8. The first-order valence-corrected chi connectivity index (χ1v) is 9.72. The first kappa shape index (κ1) is 23.9. The molecule has 0 saturated heterocycles. The Morgan fingerprint density at radius 1 is 1.11 bits per heavy atom. The summed E-state index contributed by atoms with van der Waals surface area (Å²) >= 11 is 0. The summed E-state index contributed by atoms with van der Waals surface area (Å²) in [5, 5.41) is 0. The molecule has 7 heteroatoms. The van der Waals surface area contributed by atoms with Gasteiger partial charge in [-0.15, -0.1) is 0 Å². The number of hydrogen-bond donors (Lipinski definition) is 0. The molecule has 0 aliphatic carbocycles. The first-order valence-electron chi connectivity index (χ1n) is 9.72. The monoisotopic (exact) mass is 394 g/mol. The molecule has 1 unspecified atom stereocenters. The summed E-state index contributed by atoms with van der Waals surface area (Å²) in [6, 6.07) is -0.656. The number of aromatic nitrogens is 1. The topological polar surface area (TPSA) is 77.8 Å². The molecule has 0 aliphatic rings. The number of amides is 1. The van der Waals surface area contributed by atoms with Gasteiger partial charge >= 0.3 is 5.97 Å². The molecule has 0 spiro atoms. The van der Waals surface area contributed by atoms with Crippen molar-refractivity contribution in [2.24, 2.45) is 5.92 Å². The molecule has 1 rings (SSSR count). The van der Waals surface area contributed by atoms with Crippen molar-refractivity contribution in [2.45, 2.75) is 60.5 Å². The normalized spacial score (nSPS) is 12.2. The lowest BCUT2D eigenvalue weighted by molar-refractivity contribution is -0.133. The molecule has 0 N–H and O–H groups in total. The van der Waals surface area contributed by atoms with E-state index in [1.807, 2.05) is 27.7 Å². The maximum Gasteiger partial charge on any atom is 0.354 e. The molecule has 1 atom stereocenters. The quantitative estimate of drug-likeness (QED) is 0.450. The molecule has 0 aliphatic heterocycles. The SMILES string of the molecule is CCn1c(C)c(C(=O)C(C)N(CCOC)C(=O)CC(C)C)c(C)c1C(=O)OC. The number of carbonyl (C=O) groups excluding carboxylic acids is 3. The van der Waals surface area contributed by atoms with Crippen molar-refractivity contribution < 1.29 is 23.9 Å². The highest BCUT2D eigenvalue weighted by Gasteiger charge is 2.32. The number of methoxy groups -OCH3 is 2. The largest absolute Gasteiger partial charge is 0.464 e. The summed E-state index contributed by atoms with van der Waals surface area (Å²) in [5.41, 5.74) is 2.16. The van der Waals surface area contributed by atoms with Gasteiger partial charge in [-0.05, 0) is 39.2 Å². The fraction of sp³-hybridized carbons (Fsp3) is 0.667. The molecule has 7 nitrogen and oxygen atoms in total. The molecule has 0 bridgehead atoms. The number of carbonyl (C=O) groups is 3. The van der Waals surface area contributed by atoms with E-state index in [4.69, 9.17) is 9.47 Å². The number of Topliss-reactive ketones (excluding diaryl/α,β-unsaturated/α-hetero) is 1. The molecule has 1 amide bonds. The van der Waals surface area contributed by atoms with Crippen LogP contribution in [0.15, 0.2) is 0 Å². The Morgan fingerprint density at radius 2 is 1.71 bits per heavy atom. The van der Waals surface area contributed by atoms with Crippen LogP contribution in [0, 0.1) is 19.8 Å². The van der Waals surface area contributed by atoms with E-state index in [0.717, 1.165) is 0 Å². The van der Waals surface area contributed by atoms with Crippen LogP contribution in [0.25, 0.3) is 0 Å². The predicted molar refractivity (Wildman–Crippen MR) is 108 cm³/mol. The van der Waals surface area contributed by atoms with Crippen LogP contribution in [0.1, 0.15) is 66.2 Å². The van der Waals surface area contributed by atoms with E-state index in [1.165, 1.54) is 7.11 Å². The van der Waals surface area contributed by atoms with Gasteiger partial charge < -0.3 is 18.9 Å². The average Bonchev–Trinajstić information content (AvgIpc) is 2.89. The van der Waals surface area contributed by atoms with Crippen molar-refractivity contribution in [3.05, 3.63) is 22.5 Å². The van der Waals surface area contributed by atoms with Gasteiger partial charge in [-0.25, -0.2) is 4.79 Å². The van der Waals surface area contributed by atoms with Gasteiger partial charge in [-0.1, -0.05) is 13.8 Å². The number of hydrogen-bond acceptors (Lipinski definition) is 5. The number of rotatable bonds is 10. The number of ketones is 1. The van der Waals surface area contributed by atoms with Crippen LogP contribution >= 0.6 is 0 Å². The van der Waals surface area contributed by atoms with E-state index in [1.54, 1.807) is 30.4 Å². The van der Waals surface area contributed by atoms with Gasteiger partial charge in [0.25, 0.3) is 0 Å². The Bertz CT molecular complexity index is 721. The lowest BCUT2D eigenvalue weighted by atomic mass is 9.99. The van der Waals surface area contributed by atoms with Crippen LogP contribution in [0.2, 0.25) is 0 Å². The lowest BCUT2D eigenvalue weighted by Crippen LogP contribution is -2.45. The molecule has 1 aromatic heterocycles. The molecule has 1 aromatic rings. The third-order valence-corrected chi connectivity index (χ3v) is 4.99. The molecular weight excluding hydrogens is 360 g/mol. The molecule has 0 saturated carbocycles. The second-order valence-electron chi connectivity index (χ2n) is 7.39. The highest BCUT2D eigenvalue weighted by molar-refractivity contribution is 6.06. The maximum absolute atomic E-state index is 13.4. The summed E-state index contributed by atoms with van der Waals surface area (Å²) in [5.74, 6) is -0.538. The van der Waals surface area contributed by atoms with E-state index < -0.39 is 12.0 Å². The van der Waals surface area contributed by atoms with Crippen molar-refractivity contribution in [1.82, 2.24) is 9.47 Å². The number of nitrogens with zero attached hydrogens (tertiary/aromatic N) is 2. The fourth-order valence-corrected chi connectivity index (χ4v) is 3.55. The van der Waals surface area contributed by atoms with E-state index in [0.29, 0.717) is 48.6 Å². The van der Waals surface area contributed by atoms with Crippen molar-refractivity contribution >= 4 is 17.7 Å². The minimum atomic E-state index is -0.656. The first-order chi connectivity index (χ1) is 13.1. The summed E-state index contributed by atoms with van der Waals surface area (Å²) in [6.07, 6.45) is 0.364. The second-order valence-corrected chi connectivity index (χ2v) is 7.39. The molecule has 1 heterocycles. The maximum atomic E-state index is 13.4. The van der Waals surface area contributed by atoms with Gasteiger partial charge in [0, 0.05) is 37.9 Å². The predicted octanol–water partition coefficient (Wildman–Crippen LogP) is 3.00. The van der Waals surface area contributed by atoms with Crippen LogP contribution < -0.4 is 0 Å². The fourth-order valence-electron chi connectivity index (χ4n) is 3.55. The molecular formula is C21H34N2O5. The minimum absolute atomic E-state index is 0.0775. The van der Waals surface area contributed by atoms with E-state index >= 15 is 0 Å². The highest BCUT2D eigenvalue weighted by Crippen LogP contribution is 2.26. The smallest absolute Gasteiger partial charge is 0.354 e.